The molecule has 0 radical (unpaired) electrons. The number of ketones is 1. The van der Waals surface area contributed by atoms with E-state index in [1.165, 1.54) is 0 Å². The second-order valence-electron chi connectivity index (χ2n) is 5.04. The van der Waals surface area contributed by atoms with Crippen LogP contribution in [0.15, 0.2) is 48.5 Å². The van der Waals surface area contributed by atoms with E-state index in [0.717, 1.165) is 24.3 Å². The number of aromatic nitrogens is 2. The summed E-state index contributed by atoms with van der Waals surface area (Å²) < 4.78 is 37.8. The molecule has 116 valence electrons. The normalized spacial score (nSPS) is 11.7. The van der Waals surface area contributed by atoms with E-state index < -0.39 is 17.5 Å². The van der Waals surface area contributed by atoms with Crippen LogP contribution in [0.1, 0.15) is 27.4 Å². The predicted octanol–water partition coefficient (Wildman–Crippen LogP) is 4.19. The highest BCUT2D eigenvalue weighted by Crippen LogP contribution is 2.29. The molecule has 23 heavy (non-hydrogen) atoms. The Morgan fingerprint density at radius 3 is 2.26 bits per heavy atom. The Morgan fingerprint density at radius 2 is 1.61 bits per heavy atom. The van der Waals surface area contributed by atoms with E-state index in [0.29, 0.717) is 16.7 Å². The van der Waals surface area contributed by atoms with Crippen molar-refractivity contribution in [2.45, 2.75) is 13.1 Å². The van der Waals surface area contributed by atoms with Gasteiger partial charge in [0.15, 0.2) is 0 Å². The molecule has 0 aliphatic rings. The maximum Gasteiger partial charge on any atom is 0.416 e. The molecule has 0 spiro atoms. The van der Waals surface area contributed by atoms with E-state index in [4.69, 9.17) is 0 Å². The number of hydrogen-bond acceptors (Lipinski definition) is 3. The van der Waals surface area contributed by atoms with Gasteiger partial charge in [-0.25, -0.2) is 9.97 Å². The van der Waals surface area contributed by atoms with Crippen molar-refractivity contribution in [3.63, 3.8) is 0 Å². The van der Waals surface area contributed by atoms with Crippen molar-refractivity contribution >= 4 is 16.7 Å². The minimum atomic E-state index is -4.43. The number of rotatable bonds is 2. The Kier molecular flexibility index (Phi) is 3.60. The first kappa shape index (κ1) is 15.1. The zero-order valence-corrected chi connectivity index (χ0v) is 12.1. The maximum absolute atomic E-state index is 12.6. The second-order valence-corrected chi connectivity index (χ2v) is 5.04. The van der Waals surface area contributed by atoms with Crippen LogP contribution < -0.4 is 0 Å². The highest BCUT2D eigenvalue weighted by atomic mass is 19.4. The summed E-state index contributed by atoms with van der Waals surface area (Å²) in [6.07, 6.45) is -4.43. The molecule has 3 nitrogen and oxygen atoms in total. The topological polar surface area (TPSA) is 42.9 Å². The van der Waals surface area contributed by atoms with Crippen LogP contribution in [0.3, 0.4) is 0 Å². The van der Waals surface area contributed by atoms with Crippen LogP contribution in [0.5, 0.6) is 0 Å². The number of para-hydroxylation sites is 1. The molecular weight excluding hydrogens is 305 g/mol. The highest BCUT2D eigenvalue weighted by molar-refractivity contribution is 6.14. The molecule has 0 saturated heterocycles. The van der Waals surface area contributed by atoms with Gasteiger partial charge in [-0.1, -0.05) is 30.3 Å². The third kappa shape index (κ3) is 2.92. The lowest BCUT2D eigenvalue weighted by Gasteiger charge is -2.08. The van der Waals surface area contributed by atoms with Gasteiger partial charge in [-0.3, -0.25) is 4.79 Å². The molecule has 0 unspecified atom stereocenters. The number of halogens is 3. The molecule has 0 atom stereocenters. The zero-order valence-electron chi connectivity index (χ0n) is 12.1. The van der Waals surface area contributed by atoms with E-state index in [9.17, 15) is 18.0 Å². The van der Waals surface area contributed by atoms with Crippen LogP contribution in [-0.4, -0.2) is 15.8 Å². The number of carbonyl (C=O) groups excluding carboxylic acids is 1. The fraction of sp³-hybridized carbons (Fsp3) is 0.118. The third-order valence-electron chi connectivity index (χ3n) is 3.40. The van der Waals surface area contributed by atoms with Gasteiger partial charge in [0.25, 0.3) is 0 Å². The van der Waals surface area contributed by atoms with Crippen LogP contribution >= 0.6 is 0 Å². The Labute approximate surface area is 129 Å². The van der Waals surface area contributed by atoms with E-state index in [1.54, 1.807) is 31.2 Å². The van der Waals surface area contributed by atoms with Crippen LogP contribution in [0.2, 0.25) is 0 Å². The van der Waals surface area contributed by atoms with Crippen molar-refractivity contribution < 1.29 is 18.0 Å². The molecule has 0 aliphatic carbocycles. The number of aryl methyl sites for hydroxylation is 1. The van der Waals surface area contributed by atoms with E-state index in [1.807, 2.05) is 0 Å². The number of alkyl halides is 3. The molecular formula is C17H11F3N2O. The predicted molar refractivity (Wildman–Crippen MR) is 79.2 cm³/mol. The van der Waals surface area contributed by atoms with Crippen molar-refractivity contribution in [1.82, 2.24) is 9.97 Å². The largest absolute Gasteiger partial charge is 0.416 e. The summed E-state index contributed by atoms with van der Waals surface area (Å²) in [5.41, 5.74) is 0.169. The maximum atomic E-state index is 12.6. The average Bonchev–Trinajstić information content (AvgIpc) is 2.52. The molecule has 6 heteroatoms. The minimum absolute atomic E-state index is 0.154. The van der Waals surface area contributed by atoms with Crippen molar-refractivity contribution in [2.24, 2.45) is 0 Å². The molecule has 0 fully saturated rings. The van der Waals surface area contributed by atoms with Crippen LogP contribution in [0.25, 0.3) is 10.9 Å². The molecule has 1 aromatic heterocycles. The molecule has 3 aromatic rings. The molecule has 0 bridgehead atoms. The van der Waals surface area contributed by atoms with Crippen LogP contribution in [0.4, 0.5) is 13.2 Å². The molecule has 1 heterocycles. The first-order chi connectivity index (χ1) is 10.9. The van der Waals surface area contributed by atoms with E-state index in [-0.39, 0.29) is 11.3 Å². The smallest absolute Gasteiger partial charge is 0.287 e. The summed E-state index contributed by atoms with van der Waals surface area (Å²) in [6, 6.07) is 11.1. The molecule has 0 aliphatic heterocycles. The first-order valence-electron chi connectivity index (χ1n) is 6.81. The Bertz CT molecular complexity index is 886. The van der Waals surface area contributed by atoms with Gasteiger partial charge in [-0.05, 0) is 25.1 Å². The van der Waals surface area contributed by atoms with Crippen LogP contribution in [-0.2, 0) is 6.18 Å². The number of benzene rings is 2. The first-order valence-corrected chi connectivity index (χ1v) is 6.81. The average molecular weight is 316 g/mol. The van der Waals surface area contributed by atoms with Gasteiger partial charge in [0.2, 0.25) is 5.78 Å². The summed E-state index contributed by atoms with van der Waals surface area (Å²) in [7, 11) is 0. The monoisotopic (exact) mass is 316 g/mol. The number of nitrogens with zero attached hydrogens (tertiary/aromatic N) is 2. The molecule has 0 saturated carbocycles. The third-order valence-corrected chi connectivity index (χ3v) is 3.40. The summed E-state index contributed by atoms with van der Waals surface area (Å²) in [6.45, 7) is 1.66. The van der Waals surface area contributed by atoms with Gasteiger partial charge in [-0.2, -0.15) is 13.2 Å². The van der Waals surface area contributed by atoms with Gasteiger partial charge >= 0.3 is 6.18 Å². The lowest BCUT2D eigenvalue weighted by molar-refractivity contribution is -0.137. The van der Waals surface area contributed by atoms with Gasteiger partial charge in [0, 0.05) is 10.9 Å². The standard InChI is InChI=1S/C17H11F3N2O/c1-10-21-14-5-3-2-4-13(14)15(22-10)16(23)11-6-8-12(9-7-11)17(18,19)20/h2-9H,1H3. The Balaban J connectivity index is 2.07. The Morgan fingerprint density at radius 1 is 0.957 bits per heavy atom. The molecule has 0 amide bonds. The highest BCUT2D eigenvalue weighted by Gasteiger charge is 2.30. The molecule has 3 rings (SSSR count). The van der Waals surface area contributed by atoms with Crippen LogP contribution in [0, 0.1) is 6.92 Å². The van der Waals surface area contributed by atoms with Crippen molar-refractivity contribution in [3.05, 3.63) is 71.2 Å². The molecule has 0 N–H and O–H groups in total. The fourth-order valence-corrected chi connectivity index (χ4v) is 2.31. The molecule has 2 aromatic carbocycles. The van der Waals surface area contributed by atoms with Crippen molar-refractivity contribution in [1.29, 1.82) is 0 Å². The summed E-state index contributed by atoms with van der Waals surface area (Å²) >= 11 is 0. The number of fused-ring (bicyclic) bond motifs is 1. The summed E-state index contributed by atoms with van der Waals surface area (Å²) in [4.78, 5) is 21.0. The quantitative estimate of drug-likeness (QED) is 0.666. The van der Waals surface area contributed by atoms with Gasteiger partial charge in [0.1, 0.15) is 11.5 Å². The zero-order chi connectivity index (χ0) is 16.6. The van der Waals surface area contributed by atoms with E-state index in [2.05, 4.69) is 9.97 Å². The van der Waals surface area contributed by atoms with Gasteiger partial charge in [0.05, 0.1) is 11.1 Å². The summed E-state index contributed by atoms with van der Waals surface area (Å²) in [5.74, 6) is -0.000568. The lowest BCUT2D eigenvalue weighted by atomic mass is 10.0. The summed E-state index contributed by atoms with van der Waals surface area (Å²) in [5, 5.41) is 0.572. The van der Waals surface area contributed by atoms with E-state index >= 15 is 0 Å². The van der Waals surface area contributed by atoms with Crippen molar-refractivity contribution in [2.75, 3.05) is 0 Å². The van der Waals surface area contributed by atoms with Gasteiger partial charge in [-0.15, -0.1) is 0 Å². The van der Waals surface area contributed by atoms with Crippen molar-refractivity contribution in [3.8, 4) is 0 Å². The minimum Gasteiger partial charge on any atom is -0.287 e. The second kappa shape index (κ2) is 5.46. The fourth-order valence-electron chi connectivity index (χ4n) is 2.31. The number of hydrogen-bond donors (Lipinski definition) is 0. The Hall–Kier alpha value is -2.76. The number of carbonyl (C=O) groups is 1. The SMILES string of the molecule is Cc1nc(C(=O)c2ccc(C(F)(F)F)cc2)c2ccccc2n1. The lowest BCUT2D eigenvalue weighted by Crippen LogP contribution is -2.09. The van der Waals surface area contributed by atoms with Gasteiger partial charge < -0.3 is 0 Å².